The van der Waals surface area contributed by atoms with Crippen LogP contribution in [0.3, 0.4) is 0 Å². The minimum Gasteiger partial charge on any atom is -0.375 e. The first-order valence-electron chi connectivity index (χ1n) is 6.18. The molecular formula is C16H19BIN. The van der Waals surface area contributed by atoms with E-state index in [0.717, 1.165) is 5.69 Å². The summed E-state index contributed by atoms with van der Waals surface area (Å²) in [6.45, 7) is 15.7. The highest BCUT2D eigenvalue weighted by molar-refractivity contribution is 14.1. The number of aromatic nitrogens is 1. The molecule has 0 fully saturated rings. The van der Waals surface area contributed by atoms with Crippen LogP contribution >= 0.6 is 22.4 Å². The fourth-order valence-electron chi connectivity index (χ4n) is 2.11. The number of nitrogens with zero attached hydrogens (tertiary/aromatic N) is 1. The van der Waals surface area contributed by atoms with Gasteiger partial charge >= 0.3 is 4.70 Å². The number of rotatable bonds is 6. The molecule has 0 radical (unpaired) electrons. The van der Waals surface area contributed by atoms with Gasteiger partial charge in [0.25, 0.3) is 0 Å². The van der Waals surface area contributed by atoms with Crippen molar-refractivity contribution in [3.8, 4) is 0 Å². The monoisotopic (exact) mass is 363 g/mol. The second-order valence-electron chi connectivity index (χ2n) is 4.15. The van der Waals surface area contributed by atoms with Crippen LogP contribution in [0.25, 0.3) is 18.2 Å². The van der Waals surface area contributed by atoms with Gasteiger partial charge in [0, 0.05) is 17.0 Å². The van der Waals surface area contributed by atoms with Crippen LogP contribution in [0.4, 0.5) is 0 Å². The van der Waals surface area contributed by atoms with Gasteiger partial charge in [-0.2, -0.15) is 0 Å². The van der Waals surface area contributed by atoms with Crippen molar-refractivity contribution < 1.29 is 0 Å². The molecule has 1 heterocycles. The first-order valence-corrected chi connectivity index (χ1v) is 7.42. The van der Waals surface area contributed by atoms with E-state index in [1.165, 1.54) is 16.8 Å². The molecule has 0 spiro atoms. The SMILES string of the molecule is C=C/C=C\c1c(C)c(C=C)c(/C=C\C=C)n1B(C)I. The topological polar surface area (TPSA) is 4.93 Å². The van der Waals surface area contributed by atoms with E-state index in [-0.39, 0.29) is 0 Å². The van der Waals surface area contributed by atoms with Gasteiger partial charge in [-0.1, -0.05) is 56.9 Å². The molecule has 0 saturated carbocycles. The molecule has 0 bridgehead atoms. The predicted molar refractivity (Wildman–Crippen MR) is 98.8 cm³/mol. The highest BCUT2D eigenvalue weighted by Gasteiger charge is 2.19. The second-order valence-corrected chi connectivity index (χ2v) is 5.95. The average molecular weight is 363 g/mol. The summed E-state index contributed by atoms with van der Waals surface area (Å²) in [7, 11) is 0. The molecule has 3 heteroatoms. The lowest BCUT2D eigenvalue weighted by Crippen LogP contribution is -2.15. The number of hydrogen-bond donors (Lipinski definition) is 0. The Morgan fingerprint density at radius 3 is 2.00 bits per heavy atom. The van der Waals surface area contributed by atoms with Crippen LogP contribution in [0, 0.1) is 6.92 Å². The van der Waals surface area contributed by atoms with Gasteiger partial charge in [0.05, 0.1) is 0 Å². The Kier molecular flexibility index (Phi) is 6.15. The van der Waals surface area contributed by atoms with Crippen molar-refractivity contribution >= 4 is 45.3 Å². The lowest BCUT2D eigenvalue weighted by Gasteiger charge is -2.10. The van der Waals surface area contributed by atoms with Crippen molar-refractivity contribution in [2.45, 2.75) is 13.7 Å². The second kappa shape index (κ2) is 7.39. The normalized spacial score (nSPS) is 11.1. The Bertz CT molecular complexity index is 548. The van der Waals surface area contributed by atoms with Crippen LogP contribution in [-0.4, -0.2) is 9.18 Å². The first-order chi connectivity index (χ1) is 9.08. The summed E-state index contributed by atoms with van der Waals surface area (Å²) in [6, 6.07) is 0. The molecule has 0 saturated heterocycles. The first kappa shape index (κ1) is 15.8. The van der Waals surface area contributed by atoms with Crippen molar-refractivity contribution in [2.75, 3.05) is 0 Å². The van der Waals surface area contributed by atoms with Crippen LogP contribution < -0.4 is 0 Å². The van der Waals surface area contributed by atoms with Gasteiger partial charge < -0.3 is 4.48 Å². The zero-order chi connectivity index (χ0) is 14.4. The van der Waals surface area contributed by atoms with Crippen LogP contribution in [-0.2, 0) is 0 Å². The van der Waals surface area contributed by atoms with Gasteiger partial charge in [-0.25, -0.2) is 0 Å². The van der Waals surface area contributed by atoms with E-state index in [2.05, 4.69) is 72.5 Å². The maximum atomic E-state index is 3.93. The zero-order valence-corrected chi connectivity index (χ0v) is 13.7. The molecule has 0 N–H and O–H groups in total. The van der Waals surface area contributed by atoms with Crippen LogP contribution in [0.1, 0.15) is 22.5 Å². The molecule has 0 atom stereocenters. The third-order valence-electron chi connectivity index (χ3n) is 2.92. The maximum absolute atomic E-state index is 3.93. The summed E-state index contributed by atoms with van der Waals surface area (Å²) in [5.41, 5.74) is 4.77. The summed E-state index contributed by atoms with van der Waals surface area (Å²) in [5, 5.41) is 0. The quantitative estimate of drug-likeness (QED) is 0.370. The predicted octanol–water partition coefficient (Wildman–Crippen LogP) is 5.24. The maximum Gasteiger partial charge on any atom is 0.329 e. The van der Waals surface area contributed by atoms with Crippen molar-refractivity contribution in [3.05, 3.63) is 66.6 Å². The number of hydrogen-bond acceptors (Lipinski definition) is 0. The molecule has 0 aliphatic carbocycles. The molecular weight excluding hydrogens is 344 g/mol. The van der Waals surface area contributed by atoms with Gasteiger partial charge in [0.1, 0.15) is 0 Å². The van der Waals surface area contributed by atoms with E-state index in [1.54, 1.807) is 12.2 Å². The molecule has 1 nitrogen and oxygen atoms in total. The lowest BCUT2D eigenvalue weighted by molar-refractivity contribution is 1.17. The smallest absolute Gasteiger partial charge is 0.329 e. The van der Waals surface area contributed by atoms with Crippen LogP contribution in [0.2, 0.25) is 6.82 Å². The summed E-state index contributed by atoms with van der Waals surface area (Å²) in [6.07, 6.45) is 13.6. The third-order valence-corrected chi connectivity index (χ3v) is 3.48. The molecule has 1 aromatic rings. The lowest BCUT2D eigenvalue weighted by atomic mass is 9.97. The molecule has 0 amide bonds. The standard InChI is InChI=1S/C16H19BIN/c1-6-9-11-15-13(4)14(8-3)16(12-10-7-2)19(15)17(5)18/h6-12H,1-3H2,4-5H3/b11-9-,12-10-. The van der Waals surface area contributed by atoms with Gasteiger partial charge in [-0.15, -0.1) is 22.4 Å². The zero-order valence-electron chi connectivity index (χ0n) is 11.6. The summed E-state index contributed by atoms with van der Waals surface area (Å²) >= 11 is 2.42. The molecule has 1 aromatic heterocycles. The number of halogens is 1. The van der Waals surface area contributed by atoms with Gasteiger partial charge in [0.2, 0.25) is 0 Å². The molecule has 1 rings (SSSR count). The van der Waals surface area contributed by atoms with Gasteiger partial charge in [0.15, 0.2) is 0 Å². The minimum atomic E-state index is 0.346. The van der Waals surface area contributed by atoms with E-state index >= 15 is 0 Å². The molecule has 19 heavy (non-hydrogen) atoms. The fourth-order valence-corrected chi connectivity index (χ4v) is 2.71. The molecule has 0 aliphatic heterocycles. The fraction of sp³-hybridized carbons (Fsp3) is 0.125. The molecule has 0 aliphatic rings. The van der Waals surface area contributed by atoms with Crippen LogP contribution in [0.5, 0.6) is 0 Å². The summed E-state index contributed by atoms with van der Waals surface area (Å²) in [4.78, 5) is 0. The van der Waals surface area contributed by atoms with Crippen molar-refractivity contribution in [3.63, 3.8) is 0 Å². The van der Waals surface area contributed by atoms with Gasteiger partial charge in [-0.3, -0.25) is 0 Å². The van der Waals surface area contributed by atoms with Crippen molar-refractivity contribution in [1.29, 1.82) is 0 Å². The van der Waals surface area contributed by atoms with E-state index < -0.39 is 0 Å². The molecule has 98 valence electrons. The van der Waals surface area contributed by atoms with E-state index in [0.29, 0.717) is 4.70 Å². The Labute approximate surface area is 130 Å². The van der Waals surface area contributed by atoms with Gasteiger partial charge in [-0.05, 0) is 24.6 Å². The average Bonchev–Trinajstić information content (AvgIpc) is 2.65. The Morgan fingerprint density at radius 1 is 1.05 bits per heavy atom. The largest absolute Gasteiger partial charge is 0.375 e. The van der Waals surface area contributed by atoms with E-state index in [1.807, 2.05) is 18.2 Å². The highest BCUT2D eigenvalue weighted by Crippen LogP contribution is 2.28. The van der Waals surface area contributed by atoms with E-state index in [9.17, 15) is 0 Å². The summed E-state index contributed by atoms with van der Waals surface area (Å²) in [5.74, 6) is 0. The van der Waals surface area contributed by atoms with Crippen molar-refractivity contribution in [1.82, 2.24) is 4.48 Å². The molecule has 0 unspecified atom stereocenters. The third kappa shape index (κ3) is 3.41. The van der Waals surface area contributed by atoms with Crippen molar-refractivity contribution in [2.24, 2.45) is 0 Å². The van der Waals surface area contributed by atoms with Crippen LogP contribution in [0.15, 0.2) is 44.0 Å². The summed E-state index contributed by atoms with van der Waals surface area (Å²) < 4.78 is 2.64. The van der Waals surface area contributed by atoms with E-state index in [4.69, 9.17) is 0 Å². The Hall–Kier alpha value is -1.23. The Morgan fingerprint density at radius 2 is 1.58 bits per heavy atom. The molecule has 0 aromatic carbocycles. The Balaban J connectivity index is 3.63. The highest BCUT2D eigenvalue weighted by atomic mass is 127. The minimum absolute atomic E-state index is 0.346. The number of allylic oxidation sites excluding steroid dienone is 4.